The van der Waals surface area contributed by atoms with Gasteiger partial charge in [0.25, 0.3) is 5.91 Å². The van der Waals surface area contributed by atoms with Crippen molar-refractivity contribution in [2.45, 2.75) is 44.7 Å². The number of rotatable bonds is 5. The Morgan fingerprint density at radius 1 is 1.17 bits per heavy atom. The second-order valence-corrected chi connectivity index (χ2v) is 10.1. The highest BCUT2D eigenvalue weighted by molar-refractivity contribution is 7.91. The zero-order valence-corrected chi connectivity index (χ0v) is 17.4. The Balaban J connectivity index is 1.44. The fourth-order valence-electron chi connectivity index (χ4n) is 4.03. The maximum Gasteiger partial charge on any atom is 0.271 e. The number of nitrogens with zero attached hydrogens (tertiary/aromatic N) is 3. The van der Waals surface area contributed by atoms with E-state index < -0.39 is 21.8 Å². The van der Waals surface area contributed by atoms with Gasteiger partial charge in [-0.15, -0.1) is 0 Å². The Hall–Kier alpha value is -2.75. The molecule has 1 aromatic rings. The van der Waals surface area contributed by atoms with Crippen molar-refractivity contribution in [2.75, 3.05) is 23.4 Å². The molecule has 4 rings (SSSR count). The van der Waals surface area contributed by atoms with Gasteiger partial charge in [-0.25, -0.2) is 13.4 Å². The number of anilines is 1. The van der Waals surface area contributed by atoms with Crippen molar-refractivity contribution >= 4 is 39.0 Å². The smallest absolute Gasteiger partial charge is 0.271 e. The third kappa shape index (κ3) is 4.53. The second kappa shape index (κ2) is 8.17. The van der Waals surface area contributed by atoms with E-state index in [9.17, 15) is 22.8 Å². The fourth-order valence-corrected chi connectivity index (χ4v) is 5.72. The predicted molar refractivity (Wildman–Crippen MR) is 110 cm³/mol. The van der Waals surface area contributed by atoms with Crippen molar-refractivity contribution in [1.29, 1.82) is 0 Å². The summed E-state index contributed by atoms with van der Waals surface area (Å²) >= 11 is 0. The van der Waals surface area contributed by atoms with E-state index in [0.717, 1.165) is 18.5 Å². The lowest BCUT2D eigenvalue weighted by Gasteiger charge is -2.27. The Bertz CT molecular complexity index is 1020. The number of benzene rings is 1. The molecular weight excluding hydrogens is 408 g/mol. The number of carbonyl (C=O) groups excluding carboxylic acids is 3. The number of carbonyl (C=O) groups is 3. The summed E-state index contributed by atoms with van der Waals surface area (Å²) in [5.74, 6) is -0.618. The standard InChI is InChI=1S/C20H24N4O5S/c25-18-5-2-9-23(18)12-14-3-1-4-15(11-14)21-20(27)17-6-7-19(26)24(22-17)16-8-10-30(28,29)13-16/h1,3-4,11,16H,2,5-10,12-13H2,(H,21,27). The predicted octanol–water partition coefficient (Wildman–Crippen LogP) is 0.913. The molecular formula is C20H24N4O5S. The molecule has 0 aliphatic carbocycles. The summed E-state index contributed by atoms with van der Waals surface area (Å²) < 4.78 is 23.5. The Morgan fingerprint density at radius 3 is 2.70 bits per heavy atom. The highest BCUT2D eigenvalue weighted by Gasteiger charge is 2.37. The molecule has 0 aromatic heterocycles. The molecule has 1 N–H and O–H groups in total. The topological polar surface area (TPSA) is 116 Å². The maximum absolute atomic E-state index is 12.7. The molecule has 0 radical (unpaired) electrons. The van der Waals surface area contributed by atoms with Crippen LogP contribution in [0.5, 0.6) is 0 Å². The number of amides is 3. The minimum absolute atomic E-state index is 0.0325. The van der Waals surface area contributed by atoms with E-state index >= 15 is 0 Å². The van der Waals surface area contributed by atoms with Crippen LogP contribution in [0.1, 0.15) is 37.7 Å². The van der Waals surface area contributed by atoms with Crippen molar-refractivity contribution in [1.82, 2.24) is 9.91 Å². The van der Waals surface area contributed by atoms with Gasteiger partial charge in [0.05, 0.1) is 17.5 Å². The quantitative estimate of drug-likeness (QED) is 0.743. The Morgan fingerprint density at radius 2 is 2.00 bits per heavy atom. The van der Waals surface area contributed by atoms with Gasteiger partial charge in [-0.3, -0.25) is 14.4 Å². The van der Waals surface area contributed by atoms with Gasteiger partial charge in [-0.1, -0.05) is 12.1 Å². The Kier molecular flexibility index (Phi) is 5.59. The van der Waals surface area contributed by atoms with Crippen molar-refractivity contribution < 1.29 is 22.8 Å². The lowest BCUT2D eigenvalue weighted by atomic mass is 10.1. The summed E-state index contributed by atoms with van der Waals surface area (Å²) in [5.41, 5.74) is 1.71. The van der Waals surface area contributed by atoms with Gasteiger partial charge in [0.2, 0.25) is 11.8 Å². The van der Waals surface area contributed by atoms with E-state index in [4.69, 9.17) is 0 Å². The molecule has 160 valence electrons. The molecule has 0 spiro atoms. The van der Waals surface area contributed by atoms with Crippen molar-refractivity contribution in [3.05, 3.63) is 29.8 Å². The van der Waals surface area contributed by atoms with Gasteiger partial charge in [-0.05, 0) is 30.5 Å². The van der Waals surface area contributed by atoms with Crippen LogP contribution >= 0.6 is 0 Å². The lowest BCUT2D eigenvalue weighted by Crippen LogP contribution is -2.42. The van der Waals surface area contributed by atoms with Crippen molar-refractivity contribution in [2.24, 2.45) is 5.10 Å². The van der Waals surface area contributed by atoms with Crippen LogP contribution < -0.4 is 5.32 Å². The molecule has 2 saturated heterocycles. The summed E-state index contributed by atoms with van der Waals surface area (Å²) in [6, 6.07) is 6.78. The van der Waals surface area contributed by atoms with Gasteiger partial charge in [0.15, 0.2) is 9.84 Å². The summed E-state index contributed by atoms with van der Waals surface area (Å²) in [4.78, 5) is 38.5. The van der Waals surface area contributed by atoms with Crippen LogP contribution in [0.2, 0.25) is 0 Å². The number of sulfone groups is 1. The normalized spacial score (nSPS) is 23.6. The molecule has 3 aliphatic heterocycles. The van der Waals surface area contributed by atoms with E-state index in [1.54, 1.807) is 11.0 Å². The number of nitrogens with one attached hydrogen (secondary N) is 1. The molecule has 1 unspecified atom stereocenters. The molecule has 0 bridgehead atoms. The summed E-state index contributed by atoms with van der Waals surface area (Å²) in [7, 11) is -3.16. The van der Waals surface area contributed by atoms with Gasteiger partial charge in [0, 0.05) is 38.0 Å². The van der Waals surface area contributed by atoms with Crippen LogP contribution in [-0.2, 0) is 30.8 Å². The highest BCUT2D eigenvalue weighted by Crippen LogP contribution is 2.23. The van der Waals surface area contributed by atoms with Crippen molar-refractivity contribution in [3.8, 4) is 0 Å². The van der Waals surface area contributed by atoms with Gasteiger partial charge in [-0.2, -0.15) is 5.10 Å². The number of hydrazone groups is 1. The number of hydrogen-bond acceptors (Lipinski definition) is 6. The van der Waals surface area contributed by atoms with E-state index in [0.29, 0.717) is 25.1 Å². The van der Waals surface area contributed by atoms with Crippen LogP contribution in [0.25, 0.3) is 0 Å². The van der Waals surface area contributed by atoms with E-state index in [-0.39, 0.29) is 41.9 Å². The third-order valence-corrected chi connectivity index (χ3v) is 7.36. The second-order valence-electron chi connectivity index (χ2n) is 7.92. The summed E-state index contributed by atoms with van der Waals surface area (Å²) in [6.07, 6.45) is 2.12. The average molecular weight is 433 g/mol. The highest BCUT2D eigenvalue weighted by atomic mass is 32.2. The number of likely N-dealkylation sites (tertiary alicyclic amines) is 1. The maximum atomic E-state index is 12.7. The first kappa shape index (κ1) is 20.5. The zero-order chi connectivity index (χ0) is 21.3. The molecule has 3 amide bonds. The molecule has 1 aromatic carbocycles. The largest absolute Gasteiger partial charge is 0.338 e. The third-order valence-electron chi connectivity index (χ3n) is 5.61. The first-order chi connectivity index (χ1) is 14.3. The van der Waals surface area contributed by atoms with Crippen molar-refractivity contribution in [3.63, 3.8) is 0 Å². The van der Waals surface area contributed by atoms with Gasteiger partial charge < -0.3 is 10.2 Å². The van der Waals surface area contributed by atoms with Crippen LogP contribution in [-0.4, -0.2) is 65.9 Å². The van der Waals surface area contributed by atoms with Crippen LogP contribution in [0.4, 0.5) is 5.69 Å². The average Bonchev–Trinajstić information content (AvgIpc) is 3.27. The lowest BCUT2D eigenvalue weighted by molar-refractivity contribution is -0.133. The minimum atomic E-state index is -3.16. The van der Waals surface area contributed by atoms with Crippen LogP contribution in [0.15, 0.2) is 29.4 Å². The molecule has 9 nitrogen and oxygen atoms in total. The van der Waals surface area contributed by atoms with E-state index in [1.807, 2.05) is 18.2 Å². The van der Waals surface area contributed by atoms with Crippen LogP contribution in [0.3, 0.4) is 0 Å². The SMILES string of the molecule is O=C(Nc1cccc(CN2CCCC2=O)c1)C1=NN(C2CCS(=O)(=O)C2)C(=O)CC1. The van der Waals surface area contributed by atoms with Crippen LogP contribution in [0, 0.1) is 0 Å². The molecule has 2 fully saturated rings. The molecule has 3 heterocycles. The van der Waals surface area contributed by atoms with E-state index in [2.05, 4.69) is 10.4 Å². The minimum Gasteiger partial charge on any atom is -0.338 e. The molecule has 3 aliphatic rings. The molecule has 10 heteroatoms. The van der Waals surface area contributed by atoms with E-state index in [1.165, 1.54) is 5.01 Å². The monoisotopic (exact) mass is 432 g/mol. The summed E-state index contributed by atoms with van der Waals surface area (Å²) in [6.45, 7) is 1.24. The molecule has 0 saturated carbocycles. The Labute approximate surface area is 175 Å². The molecule has 30 heavy (non-hydrogen) atoms. The fraction of sp³-hybridized carbons (Fsp3) is 0.500. The first-order valence-electron chi connectivity index (χ1n) is 10.1. The van der Waals surface area contributed by atoms with Gasteiger partial charge >= 0.3 is 0 Å². The summed E-state index contributed by atoms with van der Waals surface area (Å²) in [5, 5.41) is 8.17. The first-order valence-corrected chi connectivity index (χ1v) is 11.9. The van der Waals surface area contributed by atoms with Gasteiger partial charge in [0.1, 0.15) is 5.71 Å². The zero-order valence-electron chi connectivity index (χ0n) is 16.5. The molecule has 1 atom stereocenters. The number of hydrogen-bond donors (Lipinski definition) is 1.